The summed E-state index contributed by atoms with van der Waals surface area (Å²) in [6.07, 6.45) is 2.67. The average molecular weight is 385 g/mol. The van der Waals surface area contributed by atoms with Gasteiger partial charge in [0.1, 0.15) is 0 Å². The van der Waals surface area contributed by atoms with E-state index in [0.717, 1.165) is 0 Å². The van der Waals surface area contributed by atoms with Gasteiger partial charge in [-0.1, -0.05) is 0 Å². The van der Waals surface area contributed by atoms with Gasteiger partial charge in [0.25, 0.3) is 0 Å². The van der Waals surface area contributed by atoms with E-state index in [4.69, 9.17) is 5.73 Å². The molecule has 2 fully saturated rings. The first kappa shape index (κ1) is 22.6. The van der Waals surface area contributed by atoms with Crippen molar-refractivity contribution in [2.75, 3.05) is 0 Å². The molecular weight excluding hydrogens is 344 g/mol. The predicted molar refractivity (Wildman–Crippen MR) is 106 cm³/mol. The first-order chi connectivity index (χ1) is 11.9. The Bertz CT molecular complexity index is 550. The topological polar surface area (TPSA) is 102 Å². The smallest absolute Gasteiger partial charge is 0.222 e. The zero-order valence-electron chi connectivity index (χ0n) is 18.4. The van der Waals surface area contributed by atoms with E-state index in [1.165, 1.54) is 10.1 Å². The molecule has 2 heterocycles. The van der Waals surface area contributed by atoms with Gasteiger partial charge in [-0.05, 0) is 81.1 Å². The van der Waals surface area contributed by atoms with Crippen LogP contribution in [0.15, 0.2) is 0 Å². The molecule has 0 spiro atoms. The Hall–Kier alpha value is -0.730. The Morgan fingerprint density at radius 1 is 0.889 bits per heavy atom. The lowest BCUT2D eigenvalue weighted by Gasteiger charge is -2.55. The van der Waals surface area contributed by atoms with Gasteiger partial charge in [-0.2, -0.15) is 10.1 Å². The van der Waals surface area contributed by atoms with E-state index in [0.29, 0.717) is 25.7 Å². The summed E-state index contributed by atoms with van der Waals surface area (Å²) in [5.41, 5.74) is 4.18. The number of nitrogens with two attached hydrogens (primary N) is 1. The lowest BCUT2D eigenvalue weighted by molar-refractivity contribution is -0.253. The SMILES string of the molecule is CC1(C)CC(NC(=O)CC2(N)CC(C)(C)N(O)C(C)(C)C2)CC(C)(C)N1O. The summed E-state index contributed by atoms with van der Waals surface area (Å²) < 4.78 is 0. The Morgan fingerprint density at radius 2 is 1.26 bits per heavy atom. The van der Waals surface area contributed by atoms with E-state index in [2.05, 4.69) is 5.32 Å². The minimum absolute atomic E-state index is 0.00606. The molecule has 0 aromatic rings. The van der Waals surface area contributed by atoms with Crippen molar-refractivity contribution in [1.82, 2.24) is 15.4 Å². The standard InChI is InChI=1S/C20H40N4O3/c1-16(2)9-14(10-17(3,4)23(16)26)22-15(25)11-20(21)12-18(5,6)24(27)19(7,8)13-20/h14,26-27H,9-13,21H2,1-8H3,(H,22,25). The molecule has 0 saturated carbocycles. The number of piperidine rings is 2. The summed E-state index contributed by atoms with van der Waals surface area (Å²) in [6.45, 7) is 15.8. The Kier molecular flexibility index (Phi) is 5.57. The van der Waals surface area contributed by atoms with Crippen molar-refractivity contribution in [2.24, 2.45) is 5.73 Å². The second-order valence-corrected chi connectivity index (χ2v) is 11.4. The van der Waals surface area contributed by atoms with Gasteiger partial charge in [-0.15, -0.1) is 0 Å². The van der Waals surface area contributed by atoms with Gasteiger partial charge in [0.05, 0.1) is 0 Å². The number of carbonyl (C=O) groups excluding carboxylic acids is 1. The van der Waals surface area contributed by atoms with Gasteiger partial charge in [-0.3, -0.25) is 4.79 Å². The highest BCUT2D eigenvalue weighted by Crippen LogP contribution is 2.42. The predicted octanol–water partition coefficient (Wildman–Crippen LogP) is 2.64. The van der Waals surface area contributed by atoms with E-state index in [1.54, 1.807) is 0 Å². The molecule has 2 saturated heterocycles. The third-order valence-electron chi connectivity index (χ3n) is 6.23. The summed E-state index contributed by atoms with van der Waals surface area (Å²) in [6, 6.07) is -0.00606. The van der Waals surface area contributed by atoms with Crippen molar-refractivity contribution in [3.05, 3.63) is 0 Å². The number of nitrogens with zero attached hydrogens (tertiary/aromatic N) is 2. The number of rotatable bonds is 3. The van der Waals surface area contributed by atoms with E-state index < -0.39 is 27.7 Å². The fourth-order valence-electron chi connectivity index (χ4n) is 5.85. The van der Waals surface area contributed by atoms with Crippen LogP contribution in [0, 0.1) is 0 Å². The van der Waals surface area contributed by atoms with Crippen LogP contribution in [-0.4, -0.2) is 60.2 Å². The molecule has 5 N–H and O–H groups in total. The van der Waals surface area contributed by atoms with Crippen molar-refractivity contribution in [2.45, 2.75) is 121 Å². The van der Waals surface area contributed by atoms with Crippen LogP contribution < -0.4 is 11.1 Å². The minimum atomic E-state index is -0.668. The third-order valence-corrected chi connectivity index (χ3v) is 6.23. The average Bonchev–Trinajstić information content (AvgIpc) is 2.39. The number of hydroxylamine groups is 4. The van der Waals surface area contributed by atoms with Crippen LogP contribution in [0.2, 0.25) is 0 Å². The minimum Gasteiger partial charge on any atom is -0.353 e. The van der Waals surface area contributed by atoms with Crippen LogP contribution in [0.3, 0.4) is 0 Å². The molecule has 0 aliphatic carbocycles. The molecule has 0 atom stereocenters. The fraction of sp³-hybridized carbons (Fsp3) is 0.950. The molecule has 0 radical (unpaired) electrons. The summed E-state index contributed by atoms with van der Waals surface area (Å²) >= 11 is 0. The molecule has 27 heavy (non-hydrogen) atoms. The van der Waals surface area contributed by atoms with Crippen LogP contribution in [0.4, 0.5) is 0 Å². The Labute approximate surface area is 164 Å². The van der Waals surface area contributed by atoms with Crippen molar-refractivity contribution in [3.8, 4) is 0 Å². The van der Waals surface area contributed by atoms with Crippen molar-refractivity contribution >= 4 is 5.91 Å². The molecule has 7 nitrogen and oxygen atoms in total. The van der Waals surface area contributed by atoms with Gasteiger partial charge in [0.15, 0.2) is 0 Å². The highest BCUT2D eigenvalue weighted by atomic mass is 16.5. The first-order valence-corrected chi connectivity index (χ1v) is 9.97. The van der Waals surface area contributed by atoms with E-state index in [-0.39, 0.29) is 18.4 Å². The number of amides is 1. The molecular formula is C20H40N4O3. The number of nitrogens with one attached hydrogen (secondary N) is 1. The molecule has 0 unspecified atom stereocenters. The summed E-state index contributed by atoms with van der Waals surface area (Å²) in [5.74, 6) is -0.0570. The van der Waals surface area contributed by atoms with Gasteiger partial charge in [0.2, 0.25) is 5.91 Å². The molecule has 2 aliphatic rings. The fourth-order valence-corrected chi connectivity index (χ4v) is 5.85. The largest absolute Gasteiger partial charge is 0.353 e. The summed E-state index contributed by atoms with van der Waals surface area (Å²) in [7, 11) is 0. The zero-order chi connectivity index (χ0) is 21.1. The molecule has 0 bridgehead atoms. The maximum absolute atomic E-state index is 12.8. The second kappa shape index (κ2) is 6.66. The van der Waals surface area contributed by atoms with Crippen LogP contribution in [-0.2, 0) is 4.79 Å². The highest BCUT2D eigenvalue weighted by molar-refractivity contribution is 5.77. The normalized spacial score (nSPS) is 30.0. The molecule has 2 rings (SSSR count). The Morgan fingerprint density at radius 3 is 1.67 bits per heavy atom. The van der Waals surface area contributed by atoms with Crippen LogP contribution >= 0.6 is 0 Å². The maximum Gasteiger partial charge on any atom is 0.222 e. The maximum atomic E-state index is 12.8. The molecule has 158 valence electrons. The van der Waals surface area contributed by atoms with E-state index in [9.17, 15) is 15.2 Å². The number of hydrogen-bond acceptors (Lipinski definition) is 6. The van der Waals surface area contributed by atoms with E-state index >= 15 is 0 Å². The van der Waals surface area contributed by atoms with Crippen molar-refractivity contribution in [3.63, 3.8) is 0 Å². The lowest BCUT2D eigenvalue weighted by atomic mass is 9.69. The molecule has 1 amide bonds. The summed E-state index contributed by atoms with van der Waals surface area (Å²) in [4.78, 5) is 12.8. The van der Waals surface area contributed by atoms with Crippen LogP contribution in [0.5, 0.6) is 0 Å². The molecule has 2 aliphatic heterocycles. The van der Waals surface area contributed by atoms with Crippen LogP contribution in [0.1, 0.15) is 87.5 Å². The summed E-state index contributed by atoms with van der Waals surface area (Å²) in [5, 5.41) is 26.9. The monoisotopic (exact) mass is 384 g/mol. The van der Waals surface area contributed by atoms with Crippen molar-refractivity contribution in [1.29, 1.82) is 0 Å². The Balaban J connectivity index is 2.07. The number of hydrogen-bond donors (Lipinski definition) is 4. The highest BCUT2D eigenvalue weighted by Gasteiger charge is 2.51. The zero-order valence-corrected chi connectivity index (χ0v) is 18.4. The molecule has 0 aromatic carbocycles. The molecule has 0 aromatic heterocycles. The van der Waals surface area contributed by atoms with Gasteiger partial charge >= 0.3 is 0 Å². The van der Waals surface area contributed by atoms with Crippen LogP contribution in [0.25, 0.3) is 0 Å². The number of carbonyl (C=O) groups is 1. The van der Waals surface area contributed by atoms with Gasteiger partial charge in [-0.25, -0.2) is 0 Å². The second-order valence-electron chi connectivity index (χ2n) is 11.4. The third kappa shape index (κ3) is 4.65. The first-order valence-electron chi connectivity index (χ1n) is 9.97. The van der Waals surface area contributed by atoms with Gasteiger partial charge < -0.3 is 21.5 Å². The molecule has 7 heteroatoms. The van der Waals surface area contributed by atoms with Gasteiger partial charge in [0, 0.05) is 40.2 Å². The quantitative estimate of drug-likeness (QED) is 0.597. The lowest BCUT2D eigenvalue weighted by Crippen LogP contribution is -2.68. The van der Waals surface area contributed by atoms with E-state index in [1.807, 2.05) is 55.4 Å². The van der Waals surface area contributed by atoms with Crippen molar-refractivity contribution < 1.29 is 15.2 Å².